The summed E-state index contributed by atoms with van der Waals surface area (Å²) in [4.78, 5) is 25.5. The monoisotopic (exact) mass is 228 g/mol. The van der Waals surface area contributed by atoms with Crippen LogP contribution in [0.3, 0.4) is 0 Å². The average molecular weight is 228 g/mol. The minimum Gasteiger partial charge on any atom is -0.469 e. The predicted octanol–water partition coefficient (Wildman–Crippen LogP) is -1.03. The summed E-state index contributed by atoms with van der Waals surface area (Å²) in [6.45, 7) is -0.110. The lowest BCUT2D eigenvalue weighted by atomic mass is 10.5. The van der Waals surface area contributed by atoms with Gasteiger partial charge < -0.3 is 15.2 Å². The lowest BCUT2D eigenvalue weighted by Crippen LogP contribution is -2.16. The number of methoxy groups -OCH3 is 1. The van der Waals surface area contributed by atoms with Crippen LogP contribution in [0, 0.1) is 0 Å². The van der Waals surface area contributed by atoms with E-state index >= 15 is 0 Å². The molecule has 0 radical (unpaired) electrons. The first-order valence-electron chi connectivity index (χ1n) is 4.49. The van der Waals surface area contributed by atoms with Crippen LogP contribution in [-0.4, -0.2) is 40.4 Å². The highest BCUT2D eigenvalue weighted by Gasteiger charge is 2.07. The van der Waals surface area contributed by atoms with Gasteiger partial charge in [-0.05, 0) is 0 Å². The molecule has 1 aromatic rings. The molecule has 0 spiro atoms. The third-order valence-corrected chi connectivity index (χ3v) is 1.64. The molecule has 16 heavy (non-hydrogen) atoms. The first-order valence-corrected chi connectivity index (χ1v) is 4.49. The third-order valence-electron chi connectivity index (χ3n) is 1.64. The van der Waals surface area contributed by atoms with Gasteiger partial charge in [0.2, 0.25) is 5.95 Å². The molecule has 1 aromatic heterocycles. The van der Waals surface area contributed by atoms with Crippen LogP contribution in [0.1, 0.15) is 6.42 Å². The van der Waals surface area contributed by atoms with E-state index in [0.717, 1.165) is 0 Å². The van der Waals surface area contributed by atoms with Crippen molar-refractivity contribution in [1.82, 2.24) is 14.8 Å². The molecular formula is C8H12N4O4. The van der Waals surface area contributed by atoms with Crippen molar-refractivity contribution in [3.05, 3.63) is 6.33 Å². The quantitative estimate of drug-likeness (QED) is 0.641. The Bertz CT molecular complexity index is 376. The van der Waals surface area contributed by atoms with Gasteiger partial charge in [-0.2, -0.15) is 0 Å². The maximum Gasteiger partial charge on any atom is 0.327 e. The Kier molecular flexibility index (Phi) is 4.25. The number of nitrogen functional groups attached to an aromatic ring is 1. The van der Waals surface area contributed by atoms with Crippen molar-refractivity contribution in [3.8, 4) is 0 Å². The standard InChI is InChI=1S/C8H12N4O4/c1-15-6(13)2-3-16-7(14)4-12-5-10-8(9)11-12/h5H,2-4H2,1H3,(H2,9,11). The molecule has 0 fully saturated rings. The Morgan fingerprint density at radius 3 is 2.81 bits per heavy atom. The van der Waals surface area contributed by atoms with Crippen molar-refractivity contribution < 1.29 is 19.1 Å². The summed E-state index contributed by atoms with van der Waals surface area (Å²) in [5.74, 6) is -0.867. The zero-order chi connectivity index (χ0) is 12.0. The Hall–Kier alpha value is -2.12. The molecule has 1 rings (SSSR count). The Morgan fingerprint density at radius 2 is 2.25 bits per heavy atom. The fraction of sp³-hybridized carbons (Fsp3) is 0.500. The van der Waals surface area contributed by atoms with Crippen LogP contribution in [-0.2, 0) is 25.6 Å². The molecule has 0 aliphatic carbocycles. The van der Waals surface area contributed by atoms with E-state index in [9.17, 15) is 9.59 Å². The molecule has 0 saturated heterocycles. The number of rotatable bonds is 5. The number of anilines is 1. The van der Waals surface area contributed by atoms with Crippen molar-refractivity contribution >= 4 is 17.9 Å². The molecule has 1 heterocycles. The van der Waals surface area contributed by atoms with Crippen molar-refractivity contribution in [3.63, 3.8) is 0 Å². The molecule has 0 aromatic carbocycles. The highest BCUT2D eigenvalue weighted by atomic mass is 16.5. The lowest BCUT2D eigenvalue weighted by molar-refractivity contribution is -0.148. The van der Waals surface area contributed by atoms with E-state index in [1.807, 2.05) is 0 Å². The van der Waals surface area contributed by atoms with Crippen LogP contribution < -0.4 is 5.73 Å². The van der Waals surface area contributed by atoms with E-state index in [1.54, 1.807) is 0 Å². The zero-order valence-corrected chi connectivity index (χ0v) is 8.75. The van der Waals surface area contributed by atoms with Gasteiger partial charge in [0.25, 0.3) is 0 Å². The molecule has 0 amide bonds. The van der Waals surface area contributed by atoms with Crippen LogP contribution in [0.15, 0.2) is 6.33 Å². The lowest BCUT2D eigenvalue weighted by Gasteiger charge is -2.03. The number of nitrogens with two attached hydrogens (primary N) is 1. The van der Waals surface area contributed by atoms with Gasteiger partial charge in [-0.3, -0.25) is 9.59 Å². The zero-order valence-electron chi connectivity index (χ0n) is 8.75. The Balaban J connectivity index is 2.23. The second-order valence-corrected chi connectivity index (χ2v) is 2.85. The van der Waals surface area contributed by atoms with Crippen molar-refractivity contribution in [2.75, 3.05) is 19.5 Å². The highest BCUT2D eigenvalue weighted by Crippen LogP contribution is 1.92. The second kappa shape index (κ2) is 5.69. The van der Waals surface area contributed by atoms with Crippen LogP contribution in [0.4, 0.5) is 5.95 Å². The van der Waals surface area contributed by atoms with E-state index in [2.05, 4.69) is 14.8 Å². The summed E-state index contributed by atoms with van der Waals surface area (Å²) in [7, 11) is 1.27. The molecule has 0 aliphatic heterocycles. The van der Waals surface area contributed by atoms with Gasteiger partial charge in [0, 0.05) is 0 Å². The predicted molar refractivity (Wildman–Crippen MR) is 52.0 cm³/mol. The van der Waals surface area contributed by atoms with Crippen molar-refractivity contribution in [2.24, 2.45) is 0 Å². The number of aromatic nitrogens is 3. The highest BCUT2D eigenvalue weighted by molar-refractivity contribution is 5.71. The SMILES string of the molecule is COC(=O)CCOC(=O)Cn1cnc(N)n1. The number of esters is 2. The van der Waals surface area contributed by atoms with Gasteiger partial charge in [0.05, 0.1) is 13.5 Å². The number of hydrogen-bond acceptors (Lipinski definition) is 7. The fourth-order valence-electron chi connectivity index (χ4n) is 0.913. The summed E-state index contributed by atoms with van der Waals surface area (Å²) in [6, 6.07) is 0. The molecule has 0 bridgehead atoms. The fourth-order valence-corrected chi connectivity index (χ4v) is 0.913. The summed E-state index contributed by atoms with van der Waals surface area (Å²) >= 11 is 0. The molecule has 88 valence electrons. The van der Waals surface area contributed by atoms with Gasteiger partial charge in [0.1, 0.15) is 19.5 Å². The van der Waals surface area contributed by atoms with Crippen LogP contribution >= 0.6 is 0 Å². The van der Waals surface area contributed by atoms with E-state index in [4.69, 9.17) is 10.5 Å². The summed E-state index contributed by atoms with van der Waals surface area (Å²) in [6.07, 6.45) is 1.35. The molecule has 0 aliphatic rings. The van der Waals surface area contributed by atoms with Gasteiger partial charge in [-0.15, -0.1) is 5.10 Å². The summed E-state index contributed by atoms with van der Waals surface area (Å²) < 4.78 is 10.4. The minimum absolute atomic E-state index is 0.0182. The average Bonchev–Trinajstić information content (AvgIpc) is 2.63. The van der Waals surface area contributed by atoms with Crippen molar-refractivity contribution in [2.45, 2.75) is 13.0 Å². The number of carbonyl (C=O) groups excluding carboxylic acids is 2. The smallest absolute Gasteiger partial charge is 0.327 e. The van der Waals surface area contributed by atoms with Crippen LogP contribution in [0.5, 0.6) is 0 Å². The summed E-state index contributed by atoms with van der Waals surface area (Å²) in [5, 5.41) is 3.70. The van der Waals surface area contributed by atoms with Crippen molar-refractivity contribution in [1.29, 1.82) is 0 Å². The molecular weight excluding hydrogens is 216 g/mol. The molecule has 2 N–H and O–H groups in total. The van der Waals surface area contributed by atoms with Gasteiger partial charge in [-0.25, -0.2) is 9.67 Å². The molecule has 0 unspecified atom stereocenters. The number of nitrogens with zero attached hydrogens (tertiary/aromatic N) is 3. The van der Waals surface area contributed by atoms with E-state index < -0.39 is 11.9 Å². The van der Waals surface area contributed by atoms with E-state index in [-0.39, 0.29) is 25.5 Å². The first kappa shape index (κ1) is 12.0. The number of hydrogen-bond donors (Lipinski definition) is 1. The van der Waals surface area contributed by atoms with Gasteiger partial charge in [-0.1, -0.05) is 0 Å². The molecule has 0 atom stereocenters. The molecule has 0 saturated carbocycles. The third kappa shape index (κ3) is 3.95. The van der Waals surface area contributed by atoms with Gasteiger partial charge in [0.15, 0.2) is 0 Å². The minimum atomic E-state index is -0.520. The molecule has 8 heteroatoms. The topological polar surface area (TPSA) is 109 Å². The largest absolute Gasteiger partial charge is 0.469 e. The second-order valence-electron chi connectivity index (χ2n) is 2.85. The summed E-state index contributed by atoms with van der Waals surface area (Å²) in [5.41, 5.74) is 5.26. The number of carbonyl (C=O) groups is 2. The Morgan fingerprint density at radius 1 is 1.50 bits per heavy atom. The normalized spacial score (nSPS) is 9.81. The van der Waals surface area contributed by atoms with E-state index in [0.29, 0.717) is 0 Å². The van der Waals surface area contributed by atoms with Crippen LogP contribution in [0.25, 0.3) is 0 Å². The maximum absolute atomic E-state index is 11.2. The maximum atomic E-state index is 11.2. The van der Waals surface area contributed by atoms with Crippen LogP contribution in [0.2, 0.25) is 0 Å². The van der Waals surface area contributed by atoms with Gasteiger partial charge >= 0.3 is 11.9 Å². The molecule has 8 nitrogen and oxygen atoms in total. The number of ether oxygens (including phenoxy) is 2. The Labute approximate surface area is 91.3 Å². The van der Waals surface area contributed by atoms with E-state index in [1.165, 1.54) is 18.1 Å². The first-order chi connectivity index (χ1) is 7.61.